The van der Waals surface area contributed by atoms with Gasteiger partial charge in [-0.05, 0) is 24.3 Å². The first-order valence-corrected chi connectivity index (χ1v) is 6.03. The minimum absolute atomic E-state index is 0.203. The van der Waals surface area contributed by atoms with E-state index in [2.05, 4.69) is 31.6 Å². The molecule has 0 spiro atoms. The van der Waals surface area contributed by atoms with E-state index in [9.17, 15) is 9.59 Å². The molecule has 19 heavy (non-hydrogen) atoms. The summed E-state index contributed by atoms with van der Waals surface area (Å²) in [4.78, 5) is 22.3. The maximum absolute atomic E-state index is 11.8. The average Bonchev–Trinajstić information content (AvgIpc) is 2.76. The minimum atomic E-state index is -1.03. The van der Waals surface area contributed by atoms with Gasteiger partial charge < -0.3 is 10.4 Å². The van der Waals surface area contributed by atoms with Crippen LogP contribution in [0.4, 0.5) is 5.82 Å². The van der Waals surface area contributed by atoms with E-state index in [4.69, 9.17) is 5.11 Å². The molecule has 1 heterocycles. The zero-order valence-electron chi connectivity index (χ0n) is 9.58. The zero-order chi connectivity index (χ0) is 13.8. The Kier molecular flexibility index (Phi) is 3.91. The fourth-order valence-corrected chi connectivity index (χ4v) is 1.63. The van der Waals surface area contributed by atoms with Crippen LogP contribution < -0.4 is 5.32 Å². The van der Waals surface area contributed by atoms with Crippen molar-refractivity contribution in [2.75, 3.05) is 5.32 Å². The Balaban J connectivity index is 2.04. The normalized spacial score (nSPS) is 10.2. The molecule has 0 aliphatic heterocycles. The lowest BCUT2D eigenvalue weighted by Crippen LogP contribution is -2.12. The van der Waals surface area contributed by atoms with Crippen molar-refractivity contribution in [3.8, 4) is 0 Å². The number of hydrogen-bond donors (Lipinski definition) is 2. The van der Waals surface area contributed by atoms with Gasteiger partial charge in [-0.1, -0.05) is 21.1 Å². The zero-order valence-corrected chi connectivity index (χ0v) is 11.2. The summed E-state index contributed by atoms with van der Waals surface area (Å²) in [7, 11) is 0. The number of anilines is 1. The van der Waals surface area contributed by atoms with Crippen LogP contribution in [-0.2, 0) is 11.3 Å². The highest BCUT2D eigenvalue weighted by Crippen LogP contribution is 2.11. The van der Waals surface area contributed by atoms with Crippen LogP contribution in [0.1, 0.15) is 10.4 Å². The fraction of sp³-hybridized carbons (Fsp3) is 0.0909. The second-order valence-electron chi connectivity index (χ2n) is 3.66. The van der Waals surface area contributed by atoms with E-state index in [1.165, 1.54) is 6.20 Å². The van der Waals surface area contributed by atoms with Crippen molar-refractivity contribution < 1.29 is 14.7 Å². The first kappa shape index (κ1) is 13.2. The summed E-state index contributed by atoms with van der Waals surface area (Å²) in [6.45, 7) is -0.304. The predicted molar refractivity (Wildman–Crippen MR) is 69.8 cm³/mol. The van der Waals surface area contributed by atoms with Crippen LogP contribution in [0.15, 0.2) is 34.9 Å². The smallest absolute Gasteiger partial charge is 0.325 e. The number of carbonyl (C=O) groups is 2. The van der Waals surface area contributed by atoms with E-state index in [1.807, 2.05) is 0 Å². The molecule has 2 aromatic rings. The maximum atomic E-state index is 11.8. The van der Waals surface area contributed by atoms with E-state index in [1.54, 1.807) is 24.3 Å². The standard InChI is InChI=1S/C11H9BrN4O3/c12-8-3-1-7(2-4-8)11(19)13-9-5-16(15-14-9)6-10(17)18/h1-5H,6H2,(H,13,19)(H,17,18). The molecule has 0 unspecified atom stereocenters. The molecule has 0 atom stereocenters. The van der Waals surface area contributed by atoms with Gasteiger partial charge in [0.2, 0.25) is 0 Å². The van der Waals surface area contributed by atoms with Crippen LogP contribution in [0.2, 0.25) is 0 Å². The highest BCUT2D eigenvalue weighted by molar-refractivity contribution is 9.10. The molecule has 1 amide bonds. The molecule has 0 aliphatic rings. The van der Waals surface area contributed by atoms with Gasteiger partial charge in [0.1, 0.15) is 6.54 Å². The number of hydrogen-bond acceptors (Lipinski definition) is 4. The van der Waals surface area contributed by atoms with E-state index < -0.39 is 5.97 Å². The lowest BCUT2D eigenvalue weighted by atomic mass is 10.2. The second kappa shape index (κ2) is 5.61. The molecule has 0 bridgehead atoms. The molecule has 8 heteroatoms. The van der Waals surface area contributed by atoms with E-state index in [0.717, 1.165) is 9.15 Å². The van der Waals surface area contributed by atoms with Gasteiger partial charge in [0, 0.05) is 10.0 Å². The molecular formula is C11H9BrN4O3. The average molecular weight is 325 g/mol. The summed E-state index contributed by atoms with van der Waals surface area (Å²) in [5.74, 6) is -1.17. The third kappa shape index (κ3) is 3.62. The van der Waals surface area contributed by atoms with E-state index in [-0.39, 0.29) is 18.3 Å². The molecule has 0 radical (unpaired) electrons. The van der Waals surface area contributed by atoms with Gasteiger partial charge in [-0.3, -0.25) is 9.59 Å². The van der Waals surface area contributed by atoms with Gasteiger partial charge >= 0.3 is 5.97 Å². The summed E-state index contributed by atoms with van der Waals surface area (Å²) >= 11 is 3.27. The number of nitrogens with one attached hydrogen (secondary N) is 1. The van der Waals surface area contributed by atoms with Gasteiger partial charge in [0.25, 0.3) is 5.91 Å². The van der Waals surface area contributed by atoms with Gasteiger partial charge in [-0.25, -0.2) is 4.68 Å². The third-order valence-electron chi connectivity index (χ3n) is 2.18. The molecule has 0 aliphatic carbocycles. The van der Waals surface area contributed by atoms with Crippen molar-refractivity contribution in [3.63, 3.8) is 0 Å². The number of aromatic nitrogens is 3. The Morgan fingerprint density at radius 2 is 2.00 bits per heavy atom. The van der Waals surface area contributed by atoms with Crippen molar-refractivity contribution in [2.45, 2.75) is 6.54 Å². The number of rotatable bonds is 4. The Labute approximate surface area is 116 Å². The highest BCUT2D eigenvalue weighted by atomic mass is 79.9. The van der Waals surface area contributed by atoms with Crippen LogP contribution in [0.25, 0.3) is 0 Å². The Hall–Kier alpha value is -2.22. The van der Waals surface area contributed by atoms with Gasteiger partial charge in [-0.15, -0.1) is 5.10 Å². The summed E-state index contributed by atoms with van der Waals surface area (Å²) in [5.41, 5.74) is 0.469. The maximum Gasteiger partial charge on any atom is 0.325 e. The summed E-state index contributed by atoms with van der Waals surface area (Å²) < 4.78 is 2.00. The topological polar surface area (TPSA) is 97.1 Å². The van der Waals surface area contributed by atoms with Crippen molar-refractivity contribution in [3.05, 3.63) is 40.5 Å². The van der Waals surface area contributed by atoms with Crippen molar-refractivity contribution in [1.29, 1.82) is 0 Å². The van der Waals surface area contributed by atoms with Crippen molar-refractivity contribution in [2.24, 2.45) is 0 Å². The molecule has 0 fully saturated rings. The first-order valence-electron chi connectivity index (χ1n) is 5.23. The van der Waals surface area contributed by atoms with Gasteiger partial charge in [0.05, 0.1) is 6.20 Å². The van der Waals surface area contributed by atoms with Crippen LogP contribution >= 0.6 is 15.9 Å². The molecule has 2 rings (SSSR count). The third-order valence-corrected chi connectivity index (χ3v) is 2.71. The summed E-state index contributed by atoms with van der Waals surface area (Å²) in [6.07, 6.45) is 1.35. The molecule has 1 aromatic heterocycles. The predicted octanol–water partition coefficient (Wildman–Crippen LogP) is 1.38. The molecular weight excluding hydrogens is 316 g/mol. The molecule has 0 saturated carbocycles. The Morgan fingerprint density at radius 1 is 1.32 bits per heavy atom. The SMILES string of the molecule is O=C(O)Cn1cc(NC(=O)c2ccc(Br)cc2)nn1. The largest absolute Gasteiger partial charge is 0.480 e. The lowest BCUT2D eigenvalue weighted by molar-refractivity contribution is -0.137. The second-order valence-corrected chi connectivity index (χ2v) is 4.57. The first-order chi connectivity index (χ1) is 9.04. The number of amides is 1. The van der Waals surface area contributed by atoms with Crippen LogP contribution in [0.5, 0.6) is 0 Å². The fourth-order valence-electron chi connectivity index (χ4n) is 1.36. The molecule has 98 valence electrons. The summed E-state index contributed by atoms with van der Waals surface area (Å²) in [5, 5.41) is 18.4. The number of carbonyl (C=O) groups excluding carboxylic acids is 1. The van der Waals surface area contributed by atoms with Gasteiger partial charge in [0.15, 0.2) is 5.82 Å². The van der Waals surface area contributed by atoms with E-state index in [0.29, 0.717) is 5.56 Å². The van der Waals surface area contributed by atoms with Gasteiger partial charge in [-0.2, -0.15) is 0 Å². The van der Waals surface area contributed by atoms with Crippen LogP contribution in [0.3, 0.4) is 0 Å². The number of nitrogens with zero attached hydrogens (tertiary/aromatic N) is 3. The van der Waals surface area contributed by atoms with E-state index >= 15 is 0 Å². The number of aliphatic carboxylic acids is 1. The van der Waals surface area contributed by atoms with Crippen molar-refractivity contribution >= 4 is 33.6 Å². The quantitative estimate of drug-likeness (QED) is 0.885. The molecule has 2 N–H and O–H groups in total. The number of halogens is 1. The Morgan fingerprint density at radius 3 is 2.63 bits per heavy atom. The molecule has 0 saturated heterocycles. The number of carboxylic acids is 1. The van der Waals surface area contributed by atoms with Crippen molar-refractivity contribution in [1.82, 2.24) is 15.0 Å². The molecule has 1 aromatic carbocycles. The monoisotopic (exact) mass is 324 g/mol. The van der Waals surface area contributed by atoms with Crippen LogP contribution in [-0.4, -0.2) is 32.0 Å². The molecule has 7 nitrogen and oxygen atoms in total. The summed E-state index contributed by atoms with van der Waals surface area (Å²) in [6, 6.07) is 6.80. The van der Waals surface area contributed by atoms with Crippen LogP contribution in [0, 0.1) is 0 Å². The highest BCUT2D eigenvalue weighted by Gasteiger charge is 2.09. The Bertz CT molecular complexity index is 609. The number of carboxylic acid groups (broad SMARTS) is 1. The number of benzene rings is 1. The lowest BCUT2D eigenvalue weighted by Gasteiger charge is -2.01. The minimum Gasteiger partial charge on any atom is -0.480 e.